The molecule has 0 spiro atoms. The van der Waals surface area contributed by atoms with Gasteiger partial charge < -0.3 is 29.3 Å². The molecule has 16 heteroatoms. The molecule has 14 nitrogen and oxygen atoms in total. The minimum absolute atomic E-state index is 0.0204. The van der Waals surface area contributed by atoms with E-state index < -0.39 is 0 Å². The van der Waals surface area contributed by atoms with Crippen LogP contribution in [0.2, 0.25) is 0 Å². The van der Waals surface area contributed by atoms with Gasteiger partial charge in [0.2, 0.25) is 23.5 Å². The number of hydrogen-bond acceptors (Lipinski definition) is 13. The van der Waals surface area contributed by atoms with Crippen molar-refractivity contribution >= 4 is 57.9 Å². The van der Waals surface area contributed by atoms with Gasteiger partial charge in [0.25, 0.3) is 11.8 Å². The van der Waals surface area contributed by atoms with Crippen LogP contribution in [0.1, 0.15) is 95.8 Å². The Balaban J connectivity index is 0.890. The zero-order valence-corrected chi connectivity index (χ0v) is 36.5. The number of hydrogen-bond donors (Lipinski definition) is 2. The van der Waals surface area contributed by atoms with Crippen molar-refractivity contribution in [3.05, 3.63) is 60.0 Å². The number of anilines is 1. The Morgan fingerprint density at radius 3 is 2.37 bits per heavy atom. The fourth-order valence-corrected chi connectivity index (χ4v) is 8.33. The van der Waals surface area contributed by atoms with E-state index in [4.69, 9.17) is 18.6 Å². The fraction of sp³-hybridized carbons (Fsp3) is 0.535. The molecule has 2 N–H and O–H groups in total. The first kappa shape index (κ1) is 45.4. The lowest BCUT2D eigenvalue weighted by atomic mass is 9.94. The molecule has 2 aliphatic heterocycles. The number of thioether (sulfide) groups is 1. The molecule has 0 atom stereocenters. The highest BCUT2D eigenvalue weighted by Gasteiger charge is 2.27. The molecule has 5 rings (SSSR count). The quantitative estimate of drug-likeness (QED) is 0.0628. The summed E-state index contributed by atoms with van der Waals surface area (Å²) < 4.78 is 24.0. The topological polar surface area (TPSA) is 165 Å². The Kier molecular flexibility index (Phi) is 17.4. The van der Waals surface area contributed by atoms with Crippen LogP contribution < -0.4 is 24.8 Å². The van der Waals surface area contributed by atoms with E-state index in [1.54, 1.807) is 62.7 Å². The van der Waals surface area contributed by atoms with Gasteiger partial charge in [0, 0.05) is 30.5 Å². The fourth-order valence-electron chi connectivity index (χ4n) is 6.60. The molecule has 0 saturated carbocycles. The summed E-state index contributed by atoms with van der Waals surface area (Å²) in [4.78, 5) is 62.2. The molecule has 0 radical (unpaired) electrons. The van der Waals surface area contributed by atoms with Gasteiger partial charge in [0.1, 0.15) is 5.76 Å². The number of piperidine rings is 1. The number of nitrogens with zero attached hydrogens (tertiary/aromatic N) is 4. The first-order valence-electron chi connectivity index (χ1n) is 20.4. The molecule has 2 aliphatic rings. The second kappa shape index (κ2) is 22.6. The summed E-state index contributed by atoms with van der Waals surface area (Å²) in [7, 11) is 3.11. The number of nitrogens with one attached hydrogen (secondary N) is 2. The highest BCUT2D eigenvalue weighted by atomic mass is 32.2. The summed E-state index contributed by atoms with van der Waals surface area (Å²) >= 11 is 3.03. The predicted octanol–water partition coefficient (Wildman–Crippen LogP) is 7.25. The third kappa shape index (κ3) is 14.2. The highest BCUT2D eigenvalue weighted by molar-refractivity contribution is 8.00. The highest BCUT2D eigenvalue weighted by Crippen LogP contribution is 2.39. The third-order valence-electron chi connectivity index (χ3n) is 10.0. The Bertz CT molecular complexity index is 1900. The second-order valence-electron chi connectivity index (χ2n) is 15.6. The van der Waals surface area contributed by atoms with Crippen LogP contribution in [-0.4, -0.2) is 96.9 Å². The average molecular weight is 851 g/mol. The number of unbranched alkanes of at least 4 members (excludes halogenated alkanes) is 5. The zero-order valence-electron chi connectivity index (χ0n) is 34.9. The summed E-state index contributed by atoms with van der Waals surface area (Å²) in [6.45, 7) is 9.53. The van der Waals surface area contributed by atoms with Gasteiger partial charge >= 0.3 is 0 Å². The molecule has 0 unspecified atom stereocenters. The van der Waals surface area contributed by atoms with Crippen LogP contribution in [0, 0.1) is 5.92 Å². The number of benzene rings is 1. The van der Waals surface area contributed by atoms with Crippen molar-refractivity contribution in [2.75, 3.05) is 58.9 Å². The van der Waals surface area contributed by atoms with Crippen molar-refractivity contribution in [2.24, 2.45) is 5.92 Å². The van der Waals surface area contributed by atoms with Crippen molar-refractivity contribution in [3.8, 4) is 17.2 Å². The standard InChI is InChI=1S/C43H58N6O8S2/c1-43(2,3)34-26-45-36(57-34)29-58-39-27-46-42(59-39)47-41(53)31-17-21-48(22-18-31)28-35(50)44-19-11-8-6-7-9-13-23-56-40-32(54-4)24-30(25-33(40)55-5)15-16-38(52)49-20-12-10-14-37(49)51/h10,14-16,24-27,31H,6-9,11-13,17-23,28-29H2,1-5H3,(H,44,50)(H,46,47,53)/b16-15+. The minimum atomic E-state index is -0.372. The van der Waals surface area contributed by atoms with Crippen molar-refractivity contribution < 1.29 is 37.8 Å². The van der Waals surface area contributed by atoms with E-state index in [1.165, 1.54) is 28.4 Å². The Hall–Kier alpha value is -4.67. The number of rotatable bonds is 21. The monoisotopic (exact) mass is 850 g/mol. The molecule has 3 aromatic rings. The van der Waals surface area contributed by atoms with Crippen molar-refractivity contribution in [1.82, 2.24) is 25.1 Å². The van der Waals surface area contributed by atoms with Crippen LogP contribution in [0.3, 0.4) is 0 Å². The van der Waals surface area contributed by atoms with E-state index in [9.17, 15) is 19.2 Å². The molecular formula is C43H58N6O8S2. The summed E-state index contributed by atoms with van der Waals surface area (Å²) in [6, 6.07) is 3.54. The first-order chi connectivity index (χ1) is 28.4. The van der Waals surface area contributed by atoms with Gasteiger partial charge in [-0.25, -0.2) is 9.97 Å². The van der Waals surface area contributed by atoms with Gasteiger partial charge in [-0.15, -0.1) is 11.8 Å². The molecular weight excluding hydrogens is 793 g/mol. The van der Waals surface area contributed by atoms with Crippen LogP contribution in [0.15, 0.2) is 51.4 Å². The van der Waals surface area contributed by atoms with E-state index in [2.05, 4.69) is 46.3 Å². The van der Waals surface area contributed by atoms with Gasteiger partial charge in [-0.2, -0.15) is 0 Å². The number of likely N-dealkylation sites (tertiary alicyclic amines) is 1. The zero-order chi connectivity index (χ0) is 42.2. The summed E-state index contributed by atoms with van der Waals surface area (Å²) in [5.74, 6) is 2.83. The molecule has 4 heterocycles. The predicted molar refractivity (Wildman–Crippen MR) is 230 cm³/mol. The van der Waals surface area contributed by atoms with Crippen LogP contribution in [0.25, 0.3) is 6.08 Å². The van der Waals surface area contributed by atoms with Crippen LogP contribution >= 0.6 is 23.1 Å². The number of methoxy groups -OCH3 is 2. The van der Waals surface area contributed by atoms with E-state index in [1.807, 2.05) is 0 Å². The Morgan fingerprint density at radius 1 is 0.983 bits per heavy atom. The molecule has 1 aromatic carbocycles. The van der Waals surface area contributed by atoms with Crippen LogP contribution in [0.4, 0.5) is 5.13 Å². The molecule has 1 fully saturated rings. The van der Waals surface area contributed by atoms with Crippen LogP contribution in [0.5, 0.6) is 17.2 Å². The van der Waals surface area contributed by atoms with Gasteiger partial charge in [0.05, 0.1) is 49.7 Å². The lowest BCUT2D eigenvalue weighted by Crippen LogP contribution is -2.43. The molecule has 320 valence electrons. The smallest absolute Gasteiger partial charge is 0.253 e. The molecule has 4 amide bonds. The largest absolute Gasteiger partial charge is 0.493 e. The molecule has 0 bridgehead atoms. The molecule has 59 heavy (non-hydrogen) atoms. The molecule has 1 saturated heterocycles. The molecule has 2 aromatic heterocycles. The molecule has 0 aliphatic carbocycles. The number of carbonyl (C=O) groups is 4. The lowest BCUT2D eigenvalue weighted by molar-refractivity contribution is -0.139. The first-order valence-corrected chi connectivity index (χ1v) is 22.2. The average Bonchev–Trinajstić information content (AvgIpc) is 3.90. The summed E-state index contributed by atoms with van der Waals surface area (Å²) in [5, 5.41) is 6.62. The van der Waals surface area contributed by atoms with Gasteiger partial charge in [-0.1, -0.05) is 63.9 Å². The maximum Gasteiger partial charge on any atom is 0.253 e. The number of aromatic nitrogens is 2. The summed E-state index contributed by atoms with van der Waals surface area (Å²) in [5.41, 5.74) is 0.598. The van der Waals surface area contributed by atoms with Gasteiger partial charge in [-0.3, -0.25) is 29.0 Å². The normalized spacial score (nSPS) is 15.1. The van der Waals surface area contributed by atoms with Crippen molar-refractivity contribution in [2.45, 2.75) is 93.9 Å². The van der Waals surface area contributed by atoms with E-state index >= 15 is 0 Å². The van der Waals surface area contributed by atoms with Crippen molar-refractivity contribution in [1.29, 1.82) is 0 Å². The van der Waals surface area contributed by atoms with Gasteiger partial charge in [-0.05, 0) is 75.0 Å². The SMILES string of the molecule is COc1cc(/C=C/C(=O)N2CCC=CC2=O)cc(OC)c1OCCCCCCCCNC(=O)CN1CCC(C(=O)Nc2ncc(SCc3ncc(C(C)(C)C)o3)s2)CC1. The number of oxazole rings is 1. The summed E-state index contributed by atoms with van der Waals surface area (Å²) in [6.07, 6.45) is 17.7. The maximum atomic E-state index is 13.0. The van der Waals surface area contributed by atoms with Crippen molar-refractivity contribution in [3.63, 3.8) is 0 Å². The number of amides is 4. The van der Waals surface area contributed by atoms with E-state index in [0.29, 0.717) is 98.2 Å². The number of imide groups is 1. The Labute approximate surface area is 355 Å². The number of thiazole rings is 1. The maximum absolute atomic E-state index is 13.0. The lowest BCUT2D eigenvalue weighted by Gasteiger charge is -2.30. The Morgan fingerprint density at radius 2 is 1.69 bits per heavy atom. The number of ether oxygens (including phenoxy) is 3. The van der Waals surface area contributed by atoms with E-state index in [-0.39, 0.29) is 35.0 Å². The second-order valence-corrected chi connectivity index (χ2v) is 17.9. The van der Waals surface area contributed by atoms with E-state index in [0.717, 1.165) is 48.5 Å². The third-order valence-corrected chi connectivity index (χ3v) is 12.1. The van der Waals surface area contributed by atoms with Crippen LogP contribution in [-0.2, 0) is 30.3 Å². The minimum Gasteiger partial charge on any atom is -0.493 e. The number of carbonyl (C=O) groups excluding carboxylic acids is 4. The van der Waals surface area contributed by atoms with Gasteiger partial charge in [0.15, 0.2) is 16.6 Å².